The Hall–Kier alpha value is -3.78. The molecule has 0 spiro atoms. The molecule has 0 aromatic heterocycles. The maximum absolute atomic E-state index is 12.6. The second-order valence-electron chi connectivity index (χ2n) is 7.24. The van der Waals surface area contributed by atoms with Crippen molar-refractivity contribution < 1.29 is 9.53 Å². The quantitative estimate of drug-likeness (QED) is 0.237. The Kier molecular flexibility index (Phi) is 6.95. The smallest absolute Gasteiger partial charge is 0.266 e. The summed E-state index contributed by atoms with van der Waals surface area (Å²) < 4.78 is 6.08. The highest BCUT2D eigenvalue weighted by Crippen LogP contribution is 2.28. The third kappa shape index (κ3) is 5.53. The first-order valence-corrected chi connectivity index (χ1v) is 10.9. The van der Waals surface area contributed by atoms with Gasteiger partial charge in [0.2, 0.25) is 0 Å². The Morgan fingerprint density at radius 1 is 0.939 bits per heavy atom. The molecule has 33 heavy (non-hydrogen) atoms. The van der Waals surface area contributed by atoms with Crippen LogP contribution in [0.3, 0.4) is 0 Å². The van der Waals surface area contributed by atoms with E-state index in [1.807, 2.05) is 48.5 Å². The minimum Gasteiger partial charge on any atom is -0.488 e. The highest BCUT2D eigenvalue weighted by atomic mass is 35.5. The number of rotatable bonds is 6. The Morgan fingerprint density at radius 2 is 1.67 bits per heavy atom. The highest BCUT2D eigenvalue weighted by molar-refractivity contribution is 6.31. The first-order chi connectivity index (χ1) is 16.0. The summed E-state index contributed by atoms with van der Waals surface area (Å²) in [6.07, 6.45) is 1.47. The van der Waals surface area contributed by atoms with Crippen LogP contribution in [0.15, 0.2) is 90.5 Å². The van der Waals surface area contributed by atoms with E-state index in [1.54, 1.807) is 42.5 Å². The maximum atomic E-state index is 12.6. The van der Waals surface area contributed by atoms with Crippen LogP contribution in [0.2, 0.25) is 10.0 Å². The fourth-order valence-electron chi connectivity index (χ4n) is 3.37. The van der Waals surface area contributed by atoms with Crippen LogP contribution >= 0.6 is 23.2 Å². The number of ether oxygens (including phenoxy) is 1. The van der Waals surface area contributed by atoms with Crippen molar-refractivity contribution in [3.05, 3.63) is 112 Å². The van der Waals surface area contributed by atoms with Crippen LogP contribution < -0.4 is 10.1 Å². The average Bonchev–Trinajstić information content (AvgIpc) is 2.83. The Bertz CT molecular complexity index is 1380. The van der Waals surface area contributed by atoms with E-state index in [2.05, 4.69) is 5.32 Å². The number of fused-ring (bicyclic) bond motifs is 1. The average molecular weight is 473 g/mol. The first-order valence-electron chi connectivity index (χ1n) is 10.1. The summed E-state index contributed by atoms with van der Waals surface area (Å²) in [5.41, 5.74) is 2.01. The van der Waals surface area contributed by atoms with E-state index in [0.29, 0.717) is 33.7 Å². The zero-order chi connectivity index (χ0) is 23.2. The lowest BCUT2D eigenvalue weighted by atomic mass is 10.1. The van der Waals surface area contributed by atoms with Crippen molar-refractivity contribution in [1.29, 1.82) is 5.26 Å². The molecule has 4 rings (SSSR count). The molecular formula is C27H18Cl2N2O2. The van der Waals surface area contributed by atoms with Crippen molar-refractivity contribution in [3.8, 4) is 11.8 Å². The molecule has 0 aliphatic heterocycles. The third-order valence-corrected chi connectivity index (χ3v) is 5.49. The van der Waals surface area contributed by atoms with Crippen molar-refractivity contribution in [2.24, 2.45) is 0 Å². The fraction of sp³-hybridized carbons (Fsp3) is 0.0370. The number of benzene rings is 4. The molecule has 0 saturated heterocycles. The van der Waals surface area contributed by atoms with Crippen LogP contribution in [0.1, 0.15) is 11.1 Å². The van der Waals surface area contributed by atoms with E-state index in [1.165, 1.54) is 6.08 Å². The van der Waals surface area contributed by atoms with Gasteiger partial charge in [-0.05, 0) is 64.9 Å². The molecule has 0 aliphatic carbocycles. The van der Waals surface area contributed by atoms with Crippen LogP contribution in [-0.4, -0.2) is 5.91 Å². The molecule has 0 fully saturated rings. The van der Waals surface area contributed by atoms with Gasteiger partial charge in [-0.2, -0.15) is 5.26 Å². The van der Waals surface area contributed by atoms with E-state index in [-0.39, 0.29) is 5.57 Å². The Labute approximate surface area is 201 Å². The van der Waals surface area contributed by atoms with Gasteiger partial charge < -0.3 is 10.1 Å². The van der Waals surface area contributed by atoms with Crippen LogP contribution in [0.5, 0.6) is 5.75 Å². The molecule has 4 aromatic carbocycles. The van der Waals surface area contributed by atoms with E-state index in [4.69, 9.17) is 27.9 Å². The molecule has 0 unspecified atom stereocenters. The highest BCUT2D eigenvalue weighted by Gasteiger charge is 2.13. The molecule has 0 bridgehead atoms. The number of hydrogen-bond acceptors (Lipinski definition) is 3. The van der Waals surface area contributed by atoms with E-state index in [0.717, 1.165) is 16.3 Å². The van der Waals surface area contributed by atoms with Crippen molar-refractivity contribution in [2.75, 3.05) is 5.32 Å². The topological polar surface area (TPSA) is 62.1 Å². The summed E-state index contributed by atoms with van der Waals surface area (Å²) >= 11 is 12.1. The fourth-order valence-corrected chi connectivity index (χ4v) is 3.68. The van der Waals surface area contributed by atoms with Gasteiger partial charge in [-0.1, -0.05) is 65.7 Å². The number of nitriles is 1. The molecule has 0 heterocycles. The van der Waals surface area contributed by atoms with Gasteiger partial charge in [-0.25, -0.2) is 0 Å². The first kappa shape index (κ1) is 22.4. The Balaban J connectivity index is 1.59. The van der Waals surface area contributed by atoms with Crippen LogP contribution in [-0.2, 0) is 11.4 Å². The van der Waals surface area contributed by atoms with Gasteiger partial charge in [0.05, 0.1) is 0 Å². The molecule has 1 amide bonds. The number of nitrogens with zero attached hydrogens (tertiary/aromatic N) is 1. The minimum atomic E-state index is -0.542. The van der Waals surface area contributed by atoms with Crippen LogP contribution in [0, 0.1) is 11.3 Å². The monoisotopic (exact) mass is 472 g/mol. The normalized spacial score (nSPS) is 11.1. The van der Waals surface area contributed by atoms with Gasteiger partial charge in [0.15, 0.2) is 0 Å². The maximum Gasteiger partial charge on any atom is 0.266 e. The van der Waals surface area contributed by atoms with Gasteiger partial charge in [0.1, 0.15) is 24.0 Å². The zero-order valence-electron chi connectivity index (χ0n) is 17.4. The predicted molar refractivity (Wildman–Crippen MR) is 133 cm³/mol. The van der Waals surface area contributed by atoms with Crippen molar-refractivity contribution in [2.45, 2.75) is 6.61 Å². The molecule has 6 heteroatoms. The summed E-state index contributed by atoms with van der Waals surface area (Å²) in [6, 6.07) is 27.8. The second kappa shape index (κ2) is 10.2. The molecule has 162 valence electrons. The lowest BCUT2D eigenvalue weighted by molar-refractivity contribution is -0.112. The number of amides is 1. The minimum absolute atomic E-state index is 0.0813. The number of carbonyl (C=O) groups is 1. The number of anilines is 1. The number of carbonyl (C=O) groups excluding carboxylic acids is 1. The van der Waals surface area contributed by atoms with Crippen LogP contribution in [0.4, 0.5) is 5.69 Å². The van der Waals surface area contributed by atoms with E-state index < -0.39 is 5.91 Å². The SMILES string of the molecule is N#C/C(=C\c1cc(Cl)ccc1OCc1cccc2ccccc12)C(=O)Nc1ccc(Cl)cc1. The predicted octanol–water partition coefficient (Wildman–Crippen LogP) is 7.27. The van der Waals surface area contributed by atoms with Gasteiger partial charge >= 0.3 is 0 Å². The summed E-state index contributed by atoms with van der Waals surface area (Å²) in [7, 11) is 0. The number of hydrogen-bond donors (Lipinski definition) is 1. The van der Waals surface area contributed by atoms with Gasteiger partial charge in [-0.15, -0.1) is 0 Å². The summed E-state index contributed by atoms with van der Waals surface area (Å²) in [5, 5.41) is 15.5. The molecule has 0 saturated carbocycles. The van der Waals surface area contributed by atoms with E-state index >= 15 is 0 Å². The van der Waals surface area contributed by atoms with Crippen LogP contribution in [0.25, 0.3) is 16.8 Å². The molecule has 0 aliphatic rings. The van der Waals surface area contributed by atoms with Crippen molar-refractivity contribution >= 4 is 51.6 Å². The van der Waals surface area contributed by atoms with Crippen molar-refractivity contribution in [3.63, 3.8) is 0 Å². The Morgan fingerprint density at radius 3 is 2.45 bits per heavy atom. The van der Waals surface area contributed by atoms with E-state index in [9.17, 15) is 10.1 Å². The lowest BCUT2D eigenvalue weighted by Gasteiger charge is -2.12. The van der Waals surface area contributed by atoms with Crippen molar-refractivity contribution in [1.82, 2.24) is 0 Å². The number of halogens is 2. The molecular weight excluding hydrogens is 455 g/mol. The summed E-state index contributed by atoms with van der Waals surface area (Å²) in [5.74, 6) is -0.0285. The molecule has 4 nitrogen and oxygen atoms in total. The molecule has 1 N–H and O–H groups in total. The standard InChI is InChI=1S/C27H18Cl2N2O2/c28-22-8-11-24(12-9-22)31-27(32)21(16-30)14-20-15-23(29)10-13-26(20)33-17-19-6-3-5-18-4-1-2-7-25(18)19/h1-15H,17H2,(H,31,32)/b21-14+. The molecule has 0 atom stereocenters. The summed E-state index contributed by atoms with van der Waals surface area (Å²) in [4.78, 5) is 12.6. The third-order valence-electron chi connectivity index (χ3n) is 5.00. The van der Waals surface area contributed by atoms with Gasteiger partial charge in [0.25, 0.3) is 5.91 Å². The number of nitrogens with one attached hydrogen (secondary N) is 1. The van der Waals surface area contributed by atoms with Gasteiger partial charge in [0, 0.05) is 21.3 Å². The molecule has 0 radical (unpaired) electrons. The molecule has 4 aromatic rings. The lowest BCUT2D eigenvalue weighted by Crippen LogP contribution is -2.13. The van der Waals surface area contributed by atoms with Gasteiger partial charge in [-0.3, -0.25) is 4.79 Å². The zero-order valence-corrected chi connectivity index (χ0v) is 18.9. The second-order valence-corrected chi connectivity index (χ2v) is 8.11. The summed E-state index contributed by atoms with van der Waals surface area (Å²) in [6.45, 7) is 0.322. The largest absolute Gasteiger partial charge is 0.488 e.